The van der Waals surface area contributed by atoms with Gasteiger partial charge in [0.05, 0.1) is 0 Å². The van der Waals surface area contributed by atoms with E-state index in [9.17, 15) is 0 Å². The minimum Gasteiger partial charge on any atom is -0.486 e. The Bertz CT molecular complexity index is 627. The van der Waals surface area contributed by atoms with E-state index in [1.54, 1.807) is 0 Å². The van der Waals surface area contributed by atoms with Gasteiger partial charge in [-0.25, -0.2) is 0 Å². The molecule has 1 heterocycles. The minimum absolute atomic E-state index is 0.124. The predicted molar refractivity (Wildman–Crippen MR) is 108 cm³/mol. The Morgan fingerprint density at radius 1 is 1.15 bits per heavy atom. The van der Waals surface area contributed by atoms with E-state index in [-0.39, 0.29) is 5.41 Å². The molecular formula is C21H33N3O3. The highest BCUT2D eigenvalue weighted by Crippen LogP contribution is 2.43. The fourth-order valence-corrected chi connectivity index (χ4v) is 3.99. The first-order valence-corrected chi connectivity index (χ1v) is 10.2. The normalized spacial score (nSPS) is 18.4. The number of rotatable bonds is 8. The van der Waals surface area contributed by atoms with Crippen molar-refractivity contribution in [2.75, 3.05) is 46.6 Å². The highest BCUT2D eigenvalue weighted by atomic mass is 16.6. The summed E-state index contributed by atoms with van der Waals surface area (Å²) in [4.78, 5) is 4.37. The number of aliphatic imine (C=N–C) groups is 1. The third-order valence-electron chi connectivity index (χ3n) is 5.50. The smallest absolute Gasteiger partial charge is 0.191 e. The maximum absolute atomic E-state index is 5.81. The van der Waals surface area contributed by atoms with Crippen LogP contribution < -0.4 is 20.1 Å². The molecule has 2 N–H and O–H groups in total. The van der Waals surface area contributed by atoms with Crippen molar-refractivity contribution in [1.29, 1.82) is 0 Å². The molecule has 0 unspecified atom stereocenters. The van der Waals surface area contributed by atoms with Crippen LogP contribution >= 0.6 is 0 Å². The summed E-state index contributed by atoms with van der Waals surface area (Å²) in [6, 6.07) is 6.45. The average Bonchev–Trinajstić information content (AvgIpc) is 3.20. The summed E-state index contributed by atoms with van der Waals surface area (Å²) < 4.78 is 16.9. The van der Waals surface area contributed by atoms with Gasteiger partial charge in [0.1, 0.15) is 13.2 Å². The van der Waals surface area contributed by atoms with Crippen LogP contribution in [0, 0.1) is 0 Å². The molecular weight excluding hydrogens is 342 g/mol. The molecule has 0 radical (unpaired) electrons. The average molecular weight is 376 g/mol. The molecule has 0 amide bonds. The van der Waals surface area contributed by atoms with Crippen molar-refractivity contribution in [2.45, 2.75) is 44.4 Å². The van der Waals surface area contributed by atoms with Crippen LogP contribution in [-0.2, 0) is 10.2 Å². The zero-order valence-corrected chi connectivity index (χ0v) is 16.7. The summed E-state index contributed by atoms with van der Waals surface area (Å²) in [5, 5.41) is 6.93. The summed E-state index contributed by atoms with van der Waals surface area (Å²) in [5.74, 6) is 2.59. The van der Waals surface area contributed by atoms with Crippen molar-refractivity contribution in [3.8, 4) is 11.5 Å². The van der Waals surface area contributed by atoms with Gasteiger partial charge in [-0.15, -0.1) is 0 Å². The molecule has 0 atom stereocenters. The van der Waals surface area contributed by atoms with Crippen molar-refractivity contribution >= 4 is 5.96 Å². The molecule has 0 aromatic heterocycles. The van der Waals surface area contributed by atoms with E-state index in [1.165, 1.54) is 31.2 Å². The van der Waals surface area contributed by atoms with Gasteiger partial charge in [0.2, 0.25) is 0 Å². The number of nitrogens with zero attached hydrogens (tertiary/aromatic N) is 1. The van der Waals surface area contributed by atoms with E-state index < -0.39 is 0 Å². The molecule has 6 heteroatoms. The van der Waals surface area contributed by atoms with Crippen molar-refractivity contribution in [2.24, 2.45) is 4.99 Å². The van der Waals surface area contributed by atoms with Crippen molar-refractivity contribution in [3.05, 3.63) is 23.8 Å². The molecule has 27 heavy (non-hydrogen) atoms. The zero-order valence-electron chi connectivity index (χ0n) is 16.7. The molecule has 6 nitrogen and oxygen atoms in total. The Hall–Kier alpha value is -1.95. The number of hydrogen-bond donors (Lipinski definition) is 2. The van der Waals surface area contributed by atoms with E-state index in [1.807, 2.05) is 14.0 Å². The summed E-state index contributed by atoms with van der Waals surface area (Å²) in [7, 11) is 1.82. The van der Waals surface area contributed by atoms with Crippen LogP contribution in [0.25, 0.3) is 0 Å². The van der Waals surface area contributed by atoms with E-state index in [0.717, 1.165) is 50.2 Å². The number of fused-ring (bicyclic) bond motifs is 1. The summed E-state index contributed by atoms with van der Waals surface area (Å²) in [6.45, 7) is 6.55. The number of benzene rings is 1. The van der Waals surface area contributed by atoms with Crippen molar-refractivity contribution < 1.29 is 14.2 Å². The van der Waals surface area contributed by atoms with E-state index in [2.05, 4.69) is 33.8 Å². The van der Waals surface area contributed by atoms with Crippen LogP contribution in [0.3, 0.4) is 0 Å². The SMILES string of the molecule is CCOCCCNC(=NC)NCC1(c2ccc3c(c2)OCCO3)CCCC1. The van der Waals surface area contributed by atoms with Gasteiger partial charge < -0.3 is 24.8 Å². The molecule has 1 aromatic rings. The summed E-state index contributed by atoms with van der Waals surface area (Å²) >= 11 is 0. The van der Waals surface area contributed by atoms with E-state index in [0.29, 0.717) is 13.2 Å². The fourth-order valence-electron chi connectivity index (χ4n) is 3.99. The van der Waals surface area contributed by atoms with Gasteiger partial charge in [-0.1, -0.05) is 18.9 Å². The summed E-state index contributed by atoms with van der Waals surface area (Å²) in [5.41, 5.74) is 1.46. The number of hydrogen-bond acceptors (Lipinski definition) is 4. The van der Waals surface area contributed by atoms with Crippen molar-refractivity contribution in [3.63, 3.8) is 0 Å². The molecule has 0 spiro atoms. The van der Waals surface area contributed by atoms with Crippen LogP contribution in [0.4, 0.5) is 0 Å². The summed E-state index contributed by atoms with van der Waals surface area (Å²) in [6.07, 6.45) is 5.86. The molecule has 3 rings (SSSR count). The van der Waals surface area contributed by atoms with Gasteiger partial charge in [-0.3, -0.25) is 4.99 Å². The van der Waals surface area contributed by atoms with Gasteiger partial charge in [0.15, 0.2) is 17.5 Å². The molecule has 0 bridgehead atoms. The molecule has 1 aliphatic heterocycles. The standard InChI is InChI=1S/C21H33N3O3/c1-3-25-12-6-11-23-20(22-2)24-16-21(9-4-5-10-21)17-7-8-18-19(15-17)27-14-13-26-18/h7-8,15H,3-6,9-14,16H2,1-2H3,(H2,22,23,24). The quantitative estimate of drug-likeness (QED) is 0.416. The second kappa shape index (κ2) is 9.83. The van der Waals surface area contributed by atoms with Gasteiger partial charge in [0.25, 0.3) is 0 Å². The van der Waals surface area contributed by atoms with E-state index >= 15 is 0 Å². The Morgan fingerprint density at radius 3 is 2.67 bits per heavy atom. The molecule has 0 saturated heterocycles. The first kappa shape index (κ1) is 19.8. The van der Waals surface area contributed by atoms with E-state index in [4.69, 9.17) is 14.2 Å². The molecule has 1 aliphatic carbocycles. The van der Waals surface area contributed by atoms with Crippen LogP contribution in [-0.4, -0.2) is 52.5 Å². The molecule has 1 saturated carbocycles. The van der Waals surface area contributed by atoms with Crippen LogP contribution in [0.1, 0.15) is 44.6 Å². The Kier molecular flexibility index (Phi) is 7.21. The maximum atomic E-state index is 5.81. The van der Waals surface area contributed by atoms with Gasteiger partial charge >= 0.3 is 0 Å². The van der Waals surface area contributed by atoms with Crippen LogP contribution in [0.2, 0.25) is 0 Å². The highest BCUT2D eigenvalue weighted by Gasteiger charge is 2.36. The number of nitrogens with one attached hydrogen (secondary N) is 2. The lowest BCUT2D eigenvalue weighted by Crippen LogP contribution is -2.45. The monoisotopic (exact) mass is 375 g/mol. The Labute approximate surface area is 162 Å². The lowest BCUT2D eigenvalue weighted by molar-refractivity contribution is 0.145. The molecule has 150 valence electrons. The second-order valence-corrected chi connectivity index (χ2v) is 7.25. The number of ether oxygens (including phenoxy) is 3. The largest absolute Gasteiger partial charge is 0.486 e. The van der Waals surface area contributed by atoms with Gasteiger partial charge in [-0.05, 0) is 43.9 Å². The number of guanidine groups is 1. The van der Waals surface area contributed by atoms with Crippen molar-refractivity contribution in [1.82, 2.24) is 10.6 Å². The first-order chi connectivity index (χ1) is 13.3. The lowest BCUT2D eigenvalue weighted by atomic mass is 9.78. The topological polar surface area (TPSA) is 64.1 Å². The fraction of sp³-hybridized carbons (Fsp3) is 0.667. The third-order valence-corrected chi connectivity index (χ3v) is 5.50. The molecule has 1 aromatic carbocycles. The predicted octanol–water partition coefficient (Wildman–Crippen LogP) is 2.86. The zero-order chi connectivity index (χ0) is 19.0. The molecule has 2 aliphatic rings. The van der Waals surface area contributed by atoms with Crippen LogP contribution in [0.5, 0.6) is 11.5 Å². The van der Waals surface area contributed by atoms with Gasteiger partial charge in [-0.2, -0.15) is 0 Å². The first-order valence-electron chi connectivity index (χ1n) is 10.2. The maximum Gasteiger partial charge on any atom is 0.191 e. The lowest BCUT2D eigenvalue weighted by Gasteiger charge is -2.32. The second-order valence-electron chi connectivity index (χ2n) is 7.25. The van der Waals surface area contributed by atoms with Crippen LogP contribution in [0.15, 0.2) is 23.2 Å². The third kappa shape index (κ3) is 5.06. The highest BCUT2D eigenvalue weighted by molar-refractivity contribution is 5.79. The Morgan fingerprint density at radius 2 is 1.93 bits per heavy atom. The van der Waals surface area contributed by atoms with Gasteiger partial charge in [0, 0.05) is 38.8 Å². The minimum atomic E-state index is 0.124. The Balaban J connectivity index is 1.61. The molecule has 1 fully saturated rings.